The van der Waals surface area contributed by atoms with E-state index in [0.717, 1.165) is 12.1 Å². The monoisotopic (exact) mass is 474 g/mol. The summed E-state index contributed by atoms with van der Waals surface area (Å²) in [7, 11) is -2.68. The number of hydrogen-bond donors (Lipinski definition) is 2. The van der Waals surface area contributed by atoms with Gasteiger partial charge in [0.15, 0.2) is 5.82 Å². The summed E-state index contributed by atoms with van der Waals surface area (Å²) in [5, 5.41) is 4.46. The average Bonchev–Trinajstić information content (AvgIpc) is 3.11. The maximum atomic E-state index is 15.0. The molecule has 8 nitrogen and oxygen atoms in total. The quantitative estimate of drug-likeness (QED) is 0.441. The highest BCUT2D eigenvalue weighted by Gasteiger charge is 2.23. The van der Waals surface area contributed by atoms with Gasteiger partial charge in [0.25, 0.3) is 10.0 Å². The van der Waals surface area contributed by atoms with Crippen LogP contribution < -0.4 is 10.5 Å². The lowest BCUT2D eigenvalue weighted by atomic mass is 10.1. The molecule has 0 aliphatic rings. The summed E-state index contributed by atoms with van der Waals surface area (Å²) >= 11 is 6.05. The number of rotatable bonds is 3. The van der Waals surface area contributed by atoms with E-state index in [1.165, 1.54) is 29.3 Å². The number of nitrogens with zero attached hydrogens (tertiary/aromatic N) is 4. The van der Waals surface area contributed by atoms with Crippen molar-refractivity contribution in [2.45, 2.75) is 4.90 Å². The zero-order valence-electron chi connectivity index (χ0n) is 16.3. The topological polar surface area (TPSA) is 116 Å². The third kappa shape index (κ3) is 4.05. The number of nitrogens with one attached hydrogen (secondary N) is 1. The number of aromatic nitrogens is 4. The van der Waals surface area contributed by atoms with Crippen molar-refractivity contribution in [2.75, 3.05) is 10.5 Å². The summed E-state index contributed by atoms with van der Waals surface area (Å²) in [6, 6.07) is 4.64. The van der Waals surface area contributed by atoms with E-state index in [0.29, 0.717) is 5.52 Å². The maximum Gasteiger partial charge on any atom is 0.262 e. The second kappa shape index (κ2) is 8.07. The number of halogens is 3. The predicted octanol–water partition coefficient (Wildman–Crippen LogP) is 3.08. The third-order valence-corrected chi connectivity index (χ3v) is 6.05. The molecule has 0 radical (unpaired) electrons. The number of anilines is 2. The highest BCUT2D eigenvalue weighted by atomic mass is 35.5. The van der Waals surface area contributed by atoms with E-state index in [-0.39, 0.29) is 26.8 Å². The fraction of sp³-hybridized carbons (Fsp3) is 0.0500. The third-order valence-electron chi connectivity index (χ3n) is 4.42. The molecular formula is C20H13ClF2N6O2S. The van der Waals surface area contributed by atoms with Crippen molar-refractivity contribution in [2.24, 2.45) is 7.05 Å². The van der Waals surface area contributed by atoms with Gasteiger partial charge in [0, 0.05) is 29.9 Å². The Bertz CT molecular complexity index is 1530. The predicted molar refractivity (Wildman–Crippen MR) is 115 cm³/mol. The molecule has 3 N–H and O–H groups in total. The molecule has 162 valence electrons. The molecule has 0 amide bonds. The van der Waals surface area contributed by atoms with Gasteiger partial charge in [-0.15, -0.1) is 0 Å². The second-order valence-electron chi connectivity index (χ2n) is 6.57. The lowest BCUT2D eigenvalue weighted by Crippen LogP contribution is -2.15. The molecule has 0 aliphatic heterocycles. The molecule has 2 aromatic carbocycles. The minimum atomic E-state index is -4.31. The van der Waals surface area contributed by atoms with E-state index in [1.807, 2.05) is 0 Å². The van der Waals surface area contributed by atoms with Crippen molar-refractivity contribution >= 4 is 44.2 Å². The van der Waals surface area contributed by atoms with Crippen LogP contribution >= 0.6 is 11.6 Å². The molecule has 0 fully saturated rings. The zero-order chi connectivity index (χ0) is 23.0. The summed E-state index contributed by atoms with van der Waals surface area (Å²) in [5.41, 5.74) is 5.01. The first-order chi connectivity index (χ1) is 15.2. The Labute approximate surface area is 186 Å². The highest BCUT2D eigenvalue weighted by molar-refractivity contribution is 7.93. The van der Waals surface area contributed by atoms with E-state index in [9.17, 15) is 17.2 Å². The van der Waals surface area contributed by atoms with Gasteiger partial charge in [0.2, 0.25) is 5.95 Å². The van der Waals surface area contributed by atoms with Crippen molar-refractivity contribution in [1.29, 1.82) is 0 Å². The molecule has 0 unspecified atom stereocenters. The lowest BCUT2D eigenvalue weighted by Gasteiger charge is -2.11. The van der Waals surface area contributed by atoms with Crippen LogP contribution in [0.1, 0.15) is 11.1 Å². The van der Waals surface area contributed by atoms with E-state index in [1.54, 1.807) is 13.1 Å². The molecule has 32 heavy (non-hydrogen) atoms. The van der Waals surface area contributed by atoms with Crippen molar-refractivity contribution in [3.05, 3.63) is 70.6 Å². The van der Waals surface area contributed by atoms with Crippen LogP contribution in [0.15, 0.2) is 47.8 Å². The Kier molecular flexibility index (Phi) is 5.41. The molecule has 4 rings (SSSR count). The summed E-state index contributed by atoms with van der Waals surface area (Å²) in [6.45, 7) is 0. The van der Waals surface area contributed by atoms with Crippen LogP contribution in [0.3, 0.4) is 0 Å². The number of benzene rings is 2. The fourth-order valence-corrected chi connectivity index (χ4v) is 4.45. The molecule has 0 aliphatic carbocycles. The van der Waals surface area contributed by atoms with Crippen LogP contribution in [0, 0.1) is 23.5 Å². The number of nitrogens with two attached hydrogens (primary N) is 1. The second-order valence-corrected chi connectivity index (χ2v) is 8.66. The molecule has 0 atom stereocenters. The van der Waals surface area contributed by atoms with Gasteiger partial charge < -0.3 is 5.73 Å². The van der Waals surface area contributed by atoms with Crippen LogP contribution in [0.4, 0.5) is 20.4 Å². The van der Waals surface area contributed by atoms with Crippen molar-refractivity contribution < 1.29 is 17.2 Å². The first-order valence-electron chi connectivity index (χ1n) is 8.87. The van der Waals surface area contributed by atoms with Crippen molar-refractivity contribution in [3.63, 3.8) is 0 Å². The molecule has 0 saturated heterocycles. The van der Waals surface area contributed by atoms with Gasteiger partial charge in [-0.05, 0) is 24.3 Å². The van der Waals surface area contributed by atoms with Crippen LogP contribution in [0.5, 0.6) is 0 Å². The summed E-state index contributed by atoms with van der Waals surface area (Å²) < 4.78 is 58.8. The smallest absolute Gasteiger partial charge is 0.262 e. The summed E-state index contributed by atoms with van der Waals surface area (Å²) in [6.07, 6.45) is 3.93. The molecule has 0 spiro atoms. The molecule has 4 aromatic rings. The number of fused-ring (bicyclic) bond motifs is 1. The maximum absolute atomic E-state index is 15.0. The van der Waals surface area contributed by atoms with E-state index < -0.39 is 32.9 Å². The Morgan fingerprint density at radius 3 is 2.56 bits per heavy atom. The van der Waals surface area contributed by atoms with Gasteiger partial charge in [0.05, 0.1) is 33.4 Å². The van der Waals surface area contributed by atoms with Crippen LogP contribution in [0.2, 0.25) is 5.02 Å². The van der Waals surface area contributed by atoms with E-state index >= 15 is 0 Å². The Balaban J connectivity index is 1.74. The normalized spacial score (nSPS) is 11.2. The highest BCUT2D eigenvalue weighted by Crippen LogP contribution is 2.30. The zero-order valence-corrected chi connectivity index (χ0v) is 17.8. The first kappa shape index (κ1) is 21.5. The minimum Gasteiger partial charge on any atom is -0.368 e. The largest absolute Gasteiger partial charge is 0.368 e. The average molecular weight is 475 g/mol. The molecular weight excluding hydrogens is 462 g/mol. The van der Waals surface area contributed by atoms with Crippen LogP contribution in [-0.4, -0.2) is 28.2 Å². The standard InChI is InChI=1S/C20H13ClF2N6O2S/c1-29-17-6-12(21)7-18(14(17)10-27-29)32(30,31)28-16-5-4-15(22)13(19(16)23)3-2-11-8-25-20(24)26-9-11/h4-10,28H,1H3,(H2,24,25,26). The Hall–Kier alpha value is -3.75. The van der Waals surface area contributed by atoms with Crippen molar-refractivity contribution in [3.8, 4) is 11.8 Å². The molecule has 0 bridgehead atoms. The lowest BCUT2D eigenvalue weighted by molar-refractivity contribution is 0.578. The van der Waals surface area contributed by atoms with E-state index in [4.69, 9.17) is 17.3 Å². The number of sulfonamides is 1. The van der Waals surface area contributed by atoms with Gasteiger partial charge in [-0.25, -0.2) is 27.2 Å². The Morgan fingerprint density at radius 2 is 1.84 bits per heavy atom. The fourth-order valence-electron chi connectivity index (χ4n) is 2.89. The number of nitrogen functional groups attached to an aromatic ring is 1. The first-order valence-corrected chi connectivity index (χ1v) is 10.7. The van der Waals surface area contributed by atoms with Crippen LogP contribution in [-0.2, 0) is 17.1 Å². The van der Waals surface area contributed by atoms with Gasteiger partial charge >= 0.3 is 0 Å². The molecule has 2 heterocycles. The van der Waals surface area contributed by atoms with Gasteiger partial charge in [-0.2, -0.15) is 5.10 Å². The summed E-state index contributed by atoms with van der Waals surface area (Å²) in [4.78, 5) is 7.27. The van der Waals surface area contributed by atoms with Gasteiger partial charge in [-0.3, -0.25) is 9.40 Å². The van der Waals surface area contributed by atoms with Gasteiger partial charge in [0.1, 0.15) is 5.82 Å². The van der Waals surface area contributed by atoms with Gasteiger partial charge in [-0.1, -0.05) is 23.4 Å². The van der Waals surface area contributed by atoms with Crippen LogP contribution in [0.25, 0.3) is 10.9 Å². The van der Waals surface area contributed by atoms with Crippen molar-refractivity contribution in [1.82, 2.24) is 19.7 Å². The Morgan fingerprint density at radius 1 is 1.12 bits per heavy atom. The molecule has 12 heteroatoms. The number of hydrogen-bond acceptors (Lipinski definition) is 6. The molecule has 0 saturated carbocycles. The number of aryl methyl sites for hydroxylation is 1. The minimum absolute atomic E-state index is 0.0213. The summed E-state index contributed by atoms with van der Waals surface area (Å²) in [5.74, 6) is 2.72. The molecule has 2 aromatic heterocycles. The van der Waals surface area contributed by atoms with E-state index in [2.05, 4.69) is 31.6 Å². The SMILES string of the molecule is Cn1ncc2c(S(=O)(=O)Nc3ccc(F)c(C#Cc4cnc(N)nc4)c3F)cc(Cl)cc21.